The Labute approximate surface area is 109 Å². The van der Waals surface area contributed by atoms with Crippen molar-refractivity contribution in [3.8, 4) is 0 Å². The monoisotopic (exact) mass is 270 g/mol. The number of nitro groups is 1. The summed E-state index contributed by atoms with van der Waals surface area (Å²) >= 11 is 0. The molecule has 1 aromatic rings. The molecule has 0 spiro atoms. The van der Waals surface area contributed by atoms with Crippen LogP contribution in [0, 0.1) is 15.9 Å². The van der Waals surface area contributed by atoms with Crippen LogP contribution >= 0.6 is 0 Å². The normalized spacial score (nSPS) is 11.0. The maximum absolute atomic E-state index is 13.4. The Balaban J connectivity index is 3.13. The summed E-state index contributed by atoms with van der Waals surface area (Å²) in [6.07, 6.45) is -0.791. The molecule has 0 aromatic heterocycles. The van der Waals surface area contributed by atoms with Crippen molar-refractivity contribution in [1.29, 1.82) is 0 Å². The van der Waals surface area contributed by atoms with E-state index >= 15 is 0 Å². The molecule has 0 fully saturated rings. The van der Waals surface area contributed by atoms with Gasteiger partial charge in [-0.25, -0.2) is 4.79 Å². The number of benzene rings is 1. The minimum atomic E-state index is -1.00. The number of anilines is 1. The third-order valence-electron chi connectivity index (χ3n) is 2.18. The van der Waals surface area contributed by atoms with Crippen LogP contribution in [0.3, 0.4) is 0 Å². The van der Waals surface area contributed by atoms with Crippen LogP contribution in [0.15, 0.2) is 18.2 Å². The molecular weight excluding hydrogens is 255 g/mol. The van der Waals surface area contributed by atoms with Crippen LogP contribution in [-0.2, 0) is 4.74 Å². The van der Waals surface area contributed by atoms with Gasteiger partial charge in [-0.3, -0.25) is 15.0 Å². The summed E-state index contributed by atoms with van der Waals surface area (Å²) in [5.41, 5.74) is -1.65. The maximum atomic E-state index is 13.4. The summed E-state index contributed by atoms with van der Waals surface area (Å²) < 4.78 is 18.5. The standard InChI is InChI=1S/C12H15FN2O4/c1-12(2,3)19-11(16)14(4)9-7-5-6-8(13)10(9)15(17)18/h5-7H,1-4H3. The zero-order chi connectivity index (χ0) is 14.8. The van der Waals surface area contributed by atoms with Gasteiger partial charge in [0.2, 0.25) is 5.82 Å². The topological polar surface area (TPSA) is 72.7 Å². The first-order chi connectivity index (χ1) is 8.63. The second-order valence-electron chi connectivity index (χ2n) is 4.90. The number of amides is 1. The van der Waals surface area contributed by atoms with E-state index in [4.69, 9.17) is 4.74 Å². The number of rotatable bonds is 2. The van der Waals surface area contributed by atoms with Crippen LogP contribution in [0.25, 0.3) is 0 Å². The third-order valence-corrected chi connectivity index (χ3v) is 2.18. The molecule has 0 atom stereocenters. The zero-order valence-corrected chi connectivity index (χ0v) is 11.1. The van der Waals surface area contributed by atoms with Crippen molar-refractivity contribution in [1.82, 2.24) is 0 Å². The van der Waals surface area contributed by atoms with E-state index in [1.165, 1.54) is 19.2 Å². The first kappa shape index (κ1) is 14.9. The summed E-state index contributed by atoms with van der Waals surface area (Å²) in [5, 5.41) is 10.8. The van der Waals surface area contributed by atoms with Crippen molar-refractivity contribution in [3.05, 3.63) is 34.1 Å². The maximum Gasteiger partial charge on any atom is 0.414 e. The molecule has 0 saturated heterocycles. The van der Waals surface area contributed by atoms with Crippen LogP contribution in [0.5, 0.6) is 0 Å². The van der Waals surface area contributed by atoms with Crippen molar-refractivity contribution in [3.63, 3.8) is 0 Å². The highest BCUT2D eigenvalue weighted by atomic mass is 19.1. The average molecular weight is 270 g/mol. The molecule has 0 radical (unpaired) electrons. The van der Waals surface area contributed by atoms with E-state index in [1.807, 2.05) is 0 Å². The number of hydrogen-bond donors (Lipinski definition) is 0. The molecular formula is C12H15FN2O4. The van der Waals surface area contributed by atoms with E-state index in [0.717, 1.165) is 11.0 Å². The molecule has 104 valence electrons. The molecule has 0 saturated carbocycles. The molecule has 7 heteroatoms. The van der Waals surface area contributed by atoms with Gasteiger partial charge in [0.15, 0.2) is 0 Å². The molecule has 0 N–H and O–H groups in total. The number of nitro benzene ring substituents is 1. The number of carbonyl (C=O) groups is 1. The second kappa shape index (κ2) is 5.21. The van der Waals surface area contributed by atoms with E-state index < -0.39 is 28.1 Å². The fourth-order valence-corrected chi connectivity index (χ4v) is 1.38. The molecule has 0 bridgehead atoms. The predicted molar refractivity (Wildman–Crippen MR) is 67.7 cm³/mol. The molecule has 1 rings (SSSR count). The lowest BCUT2D eigenvalue weighted by molar-refractivity contribution is -0.386. The van der Waals surface area contributed by atoms with Crippen molar-refractivity contribution < 1.29 is 18.8 Å². The van der Waals surface area contributed by atoms with Crippen LogP contribution in [0.4, 0.5) is 20.6 Å². The first-order valence-electron chi connectivity index (χ1n) is 5.53. The molecule has 1 aromatic carbocycles. The van der Waals surface area contributed by atoms with Gasteiger partial charge in [0.05, 0.1) is 4.92 Å². The number of carbonyl (C=O) groups excluding carboxylic acids is 1. The second-order valence-corrected chi connectivity index (χ2v) is 4.90. The van der Waals surface area contributed by atoms with Gasteiger partial charge in [-0.05, 0) is 32.9 Å². The molecule has 0 heterocycles. The summed E-state index contributed by atoms with van der Waals surface area (Å²) in [5.74, 6) is -1.00. The quantitative estimate of drug-likeness (QED) is 0.611. The lowest BCUT2D eigenvalue weighted by atomic mass is 10.2. The van der Waals surface area contributed by atoms with E-state index in [1.54, 1.807) is 20.8 Å². The van der Waals surface area contributed by atoms with Crippen molar-refractivity contribution in [2.24, 2.45) is 0 Å². The SMILES string of the molecule is CN(C(=O)OC(C)(C)C)c1cccc(F)c1[N+](=O)[O-]. The van der Waals surface area contributed by atoms with Gasteiger partial charge in [-0.2, -0.15) is 4.39 Å². The molecule has 1 amide bonds. The highest BCUT2D eigenvalue weighted by molar-refractivity contribution is 5.90. The number of hydrogen-bond acceptors (Lipinski definition) is 4. The summed E-state index contributed by atoms with van der Waals surface area (Å²) in [7, 11) is 1.29. The minimum absolute atomic E-state index is 0.153. The molecule has 0 aliphatic carbocycles. The summed E-state index contributed by atoms with van der Waals surface area (Å²) in [6, 6.07) is 3.54. The first-order valence-corrected chi connectivity index (χ1v) is 5.53. The van der Waals surface area contributed by atoms with Gasteiger partial charge >= 0.3 is 11.8 Å². The van der Waals surface area contributed by atoms with Gasteiger partial charge in [0, 0.05) is 7.05 Å². The Bertz CT molecular complexity index is 511. The molecule has 0 unspecified atom stereocenters. The van der Waals surface area contributed by atoms with E-state index in [-0.39, 0.29) is 5.69 Å². The van der Waals surface area contributed by atoms with E-state index in [9.17, 15) is 19.3 Å². The van der Waals surface area contributed by atoms with Gasteiger partial charge < -0.3 is 4.74 Å². The zero-order valence-electron chi connectivity index (χ0n) is 11.1. The molecule has 19 heavy (non-hydrogen) atoms. The van der Waals surface area contributed by atoms with E-state index in [0.29, 0.717) is 0 Å². The van der Waals surface area contributed by atoms with Gasteiger partial charge in [0.1, 0.15) is 11.3 Å². The summed E-state index contributed by atoms with van der Waals surface area (Å²) in [6.45, 7) is 5.00. The third kappa shape index (κ3) is 3.64. The lowest BCUT2D eigenvalue weighted by Gasteiger charge is -2.24. The van der Waals surface area contributed by atoms with E-state index in [2.05, 4.69) is 0 Å². The number of halogens is 1. The Morgan fingerprint density at radius 1 is 1.42 bits per heavy atom. The number of para-hydroxylation sites is 1. The Hall–Kier alpha value is -2.18. The average Bonchev–Trinajstić information content (AvgIpc) is 2.24. The van der Waals surface area contributed by atoms with Crippen LogP contribution < -0.4 is 4.90 Å². The Morgan fingerprint density at radius 3 is 2.47 bits per heavy atom. The lowest BCUT2D eigenvalue weighted by Crippen LogP contribution is -2.34. The smallest absolute Gasteiger partial charge is 0.414 e. The highest BCUT2D eigenvalue weighted by Crippen LogP contribution is 2.30. The fourth-order valence-electron chi connectivity index (χ4n) is 1.38. The van der Waals surface area contributed by atoms with Crippen LogP contribution in [0.2, 0.25) is 0 Å². The predicted octanol–water partition coefficient (Wildman–Crippen LogP) is 3.11. The molecule has 0 aliphatic rings. The Morgan fingerprint density at radius 2 is 2.00 bits per heavy atom. The number of nitrogens with zero attached hydrogens (tertiary/aromatic N) is 2. The summed E-state index contributed by atoms with van der Waals surface area (Å²) in [4.78, 5) is 22.7. The van der Waals surface area contributed by atoms with Crippen LogP contribution in [0.1, 0.15) is 20.8 Å². The number of ether oxygens (including phenoxy) is 1. The fraction of sp³-hybridized carbons (Fsp3) is 0.417. The van der Waals surface area contributed by atoms with Gasteiger partial charge in [0.25, 0.3) is 0 Å². The largest absolute Gasteiger partial charge is 0.443 e. The van der Waals surface area contributed by atoms with Gasteiger partial charge in [-0.15, -0.1) is 0 Å². The minimum Gasteiger partial charge on any atom is -0.443 e. The molecule has 6 nitrogen and oxygen atoms in total. The van der Waals surface area contributed by atoms with Gasteiger partial charge in [-0.1, -0.05) is 6.07 Å². The Kier molecular flexibility index (Phi) is 4.08. The van der Waals surface area contributed by atoms with Crippen molar-refractivity contribution >= 4 is 17.5 Å². The highest BCUT2D eigenvalue weighted by Gasteiger charge is 2.28. The van der Waals surface area contributed by atoms with Crippen molar-refractivity contribution in [2.45, 2.75) is 26.4 Å². The molecule has 0 aliphatic heterocycles. The van der Waals surface area contributed by atoms with Crippen LogP contribution in [-0.4, -0.2) is 23.7 Å². The van der Waals surface area contributed by atoms with Crippen molar-refractivity contribution in [2.75, 3.05) is 11.9 Å².